The van der Waals surface area contributed by atoms with Crippen molar-refractivity contribution in [3.8, 4) is 11.5 Å². The lowest BCUT2D eigenvalue weighted by molar-refractivity contribution is 0.0967. The van der Waals surface area contributed by atoms with Gasteiger partial charge in [0, 0.05) is 25.1 Å². The average molecular weight is 337 g/mol. The topological polar surface area (TPSA) is 38.8 Å². The number of ketones is 1. The third kappa shape index (κ3) is 3.69. The molecule has 0 bridgehead atoms. The Morgan fingerprint density at radius 1 is 1.04 bits per heavy atom. The molecule has 0 amide bonds. The van der Waals surface area contributed by atoms with Gasteiger partial charge in [-0.1, -0.05) is 30.3 Å². The Labute approximate surface area is 148 Å². The second-order valence-electron chi connectivity index (χ2n) is 6.73. The largest absolute Gasteiger partial charge is 0.486 e. The molecule has 2 aliphatic heterocycles. The number of Topliss-reactive ketones (excluding diaryl/α,β-unsaturated/α-hetero) is 1. The molecule has 0 saturated carbocycles. The van der Waals surface area contributed by atoms with Crippen LogP contribution in [0.25, 0.3) is 0 Å². The van der Waals surface area contributed by atoms with E-state index in [0.29, 0.717) is 36.9 Å². The Morgan fingerprint density at radius 3 is 2.68 bits per heavy atom. The normalized spacial score (nSPS) is 19.8. The Bertz CT molecular complexity index is 744. The summed E-state index contributed by atoms with van der Waals surface area (Å²) in [5.41, 5.74) is 2.12. The quantitative estimate of drug-likeness (QED) is 0.783. The van der Waals surface area contributed by atoms with Gasteiger partial charge in [-0.2, -0.15) is 0 Å². The number of carbonyl (C=O) groups excluding carboxylic acids is 1. The van der Waals surface area contributed by atoms with E-state index in [9.17, 15) is 4.79 Å². The second kappa shape index (κ2) is 7.28. The van der Waals surface area contributed by atoms with E-state index in [0.717, 1.165) is 25.4 Å². The zero-order valence-electron chi connectivity index (χ0n) is 14.3. The van der Waals surface area contributed by atoms with Crippen LogP contribution in [0.2, 0.25) is 0 Å². The van der Waals surface area contributed by atoms with E-state index in [1.807, 2.05) is 18.2 Å². The van der Waals surface area contributed by atoms with Gasteiger partial charge in [0.05, 0.1) is 0 Å². The molecule has 4 rings (SSSR count). The minimum absolute atomic E-state index is 0.167. The fourth-order valence-corrected chi connectivity index (χ4v) is 3.65. The van der Waals surface area contributed by atoms with E-state index in [1.165, 1.54) is 12.0 Å². The second-order valence-corrected chi connectivity index (χ2v) is 6.73. The molecular formula is C21H23NO3. The molecule has 1 atom stereocenters. The molecule has 130 valence electrons. The van der Waals surface area contributed by atoms with Crippen LogP contribution in [0.5, 0.6) is 11.5 Å². The fraction of sp³-hybridized carbons (Fsp3) is 0.381. The zero-order chi connectivity index (χ0) is 17.1. The molecule has 1 fully saturated rings. The van der Waals surface area contributed by atoms with Gasteiger partial charge in [0.2, 0.25) is 0 Å². The summed E-state index contributed by atoms with van der Waals surface area (Å²) < 4.78 is 11.1. The predicted octanol–water partition coefficient (Wildman–Crippen LogP) is 3.52. The van der Waals surface area contributed by atoms with Crippen molar-refractivity contribution in [3.63, 3.8) is 0 Å². The molecule has 2 aromatic rings. The number of hydrogen-bond donors (Lipinski definition) is 0. The molecule has 2 aliphatic rings. The van der Waals surface area contributed by atoms with Crippen molar-refractivity contribution in [3.05, 3.63) is 59.7 Å². The number of likely N-dealkylation sites (tertiary alicyclic amines) is 1. The molecule has 0 unspecified atom stereocenters. The first-order chi connectivity index (χ1) is 12.3. The summed E-state index contributed by atoms with van der Waals surface area (Å²) in [7, 11) is 0. The highest BCUT2D eigenvalue weighted by Crippen LogP contribution is 2.31. The van der Waals surface area contributed by atoms with Gasteiger partial charge in [0.15, 0.2) is 17.3 Å². The van der Waals surface area contributed by atoms with Crippen molar-refractivity contribution in [1.29, 1.82) is 0 Å². The van der Waals surface area contributed by atoms with Gasteiger partial charge >= 0.3 is 0 Å². The van der Waals surface area contributed by atoms with Gasteiger partial charge in [0.1, 0.15) is 13.2 Å². The van der Waals surface area contributed by atoms with Crippen molar-refractivity contribution in [1.82, 2.24) is 4.90 Å². The summed E-state index contributed by atoms with van der Waals surface area (Å²) in [6.07, 6.45) is 1.71. The monoisotopic (exact) mass is 337 g/mol. The Kier molecular flexibility index (Phi) is 4.70. The summed E-state index contributed by atoms with van der Waals surface area (Å²) in [5.74, 6) is 2.17. The van der Waals surface area contributed by atoms with Gasteiger partial charge < -0.3 is 14.4 Å². The van der Waals surface area contributed by atoms with Crippen LogP contribution in [0.4, 0.5) is 0 Å². The standard InChI is InChI=1S/C21H23NO3/c23-19(17-6-7-20-21(14-17)25-13-12-24-20)9-11-22-10-8-18(15-22)16-4-2-1-3-5-16/h1-7,14,18H,8-13,15H2/t18-/m0/s1. The van der Waals surface area contributed by atoms with E-state index < -0.39 is 0 Å². The predicted molar refractivity (Wildman–Crippen MR) is 96.6 cm³/mol. The van der Waals surface area contributed by atoms with Crippen LogP contribution in [0.1, 0.15) is 34.7 Å². The van der Waals surface area contributed by atoms with Gasteiger partial charge in [-0.05, 0) is 42.6 Å². The first-order valence-corrected chi connectivity index (χ1v) is 9.00. The summed E-state index contributed by atoms with van der Waals surface area (Å²) >= 11 is 0. The third-order valence-electron chi connectivity index (χ3n) is 5.06. The lowest BCUT2D eigenvalue weighted by Gasteiger charge is -2.19. The summed E-state index contributed by atoms with van der Waals surface area (Å²) in [4.78, 5) is 14.9. The lowest BCUT2D eigenvalue weighted by atomic mass is 9.99. The molecule has 0 aromatic heterocycles. The molecule has 2 aromatic carbocycles. The average Bonchev–Trinajstić information content (AvgIpc) is 3.15. The smallest absolute Gasteiger partial charge is 0.164 e. The van der Waals surface area contributed by atoms with Gasteiger partial charge in [-0.15, -0.1) is 0 Å². The fourth-order valence-electron chi connectivity index (χ4n) is 3.65. The SMILES string of the molecule is O=C(CCN1CC[C@H](c2ccccc2)C1)c1ccc2c(c1)OCCO2. The van der Waals surface area contributed by atoms with Gasteiger partial charge in [-0.3, -0.25) is 4.79 Å². The molecule has 0 radical (unpaired) electrons. The maximum absolute atomic E-state index is 12.5. The van der Waals surface area contributed by atoms with Crippen LogP contribution >= 0.6 is 0 Å². The highest BCUT2D eigenvalue weighted by atomic mass is 16.6. The number of fused-ring (bicyclic) bond motifs is 1. The van der Waals surface area contributed by atoms with Gasteiger partial charge in [0.25, 0.3) is 0 Å². The highest BCUT2D eigenvalue weighted by molar-refractivity contribution is 5.96. The van der Waals surface area contributed by atoms with Crippen LogP contribution in [0, 0.1) is 0 Å². The van der Waals surface area contributed by atoms with Crippen LogP contribution in [0.15, 0.2) is 48.5 Å². The minimum atomic E-state index is 0.167. The Morgan fingerprint density at radius 2 is 1.84 bits per heavy atom. The van der Waals surface area contributed by atoms with Gasteiger partial charge in [-0.25, -0.2) is 0 Å². The molecule has 0 aliphatic carbocycles. The summed E-state index contributed by atoms with van der Waals surface area (Å²) in [6, 6.07) is 16.2. The van der Waals surface area contributed by atoms with E-state index in [-0.39, 0.29) is 5.78 Å². The molecule has 4 nitrogen and oxygen atoms in total. The Balaban J connectivity index is 1.32. The molecule has 2 heterocycles. The molecule has 4 heteroatoms. The maximum Gasteiger partial charge on any atom is 0.164 e. The first kappa shape index (κ1) is 16.2. The highest BCUT2D eigenvalue weighted by Gasteiger charge is 2.24. The van der Waals surface area contributed by atoms with Crippen molar-refractivity contribution in [2.24, 2.45) is 0 Å². The molecule has 25 heavy (non-hydrogen) atoms. The summed E-state index contributed by atoms with van der Waals surface area (Å²) in [5, 5.41) is 0. The number of carbonyl (C=O) groups is 1. The van der Waals surface area contributed by atoms with Crippen LogP contribution in [0.3, 0.4) is 0 Å². The number of nitrogens with zero attached hydrogens (tertiary/aromatic N) is 1. The molecule has 1 saturated heterocycles. The number of rotatable bonds is 5. The number of hydrogen-bond acceptors (Lipinski definition) is 4. The third-order valence-corrected chi connectivity index (χ3v) is 5.06. The number of ether oxygens (including phenoxy) is 2. The maximum atomic E-state index is 12.5. The van der Waals surface area contributed by atoms with E-state index in [4.69, 9.17) is 9.47 Å². The van der Waals surface area contributed by atoms with Crippen molar-refractivity contribution in [2.75, 3.05) is 32.8 Å². The summed E-state index contributed by atoms with van der Waals surface area (Å²) in [6.45, 7) is 4.03. The molecule has 0 spiro atoms. The van der Waals surface area contributed by atoms with E-state index in [1.54, 1.807) is 0 Å². The molecular weight excluding hydrogens is 314 g/mol. The van der Waals surface area contributed by atoms with E-state index >= 15 is 0 Å². The first-order valence-electron chi connectivity index (χ1n) is 9.00. The van der Waals surface area contributed by atoms with Crippen LogP contribution in [-0.2, 0) is 0 Å². The van der Waals surface area contributed by atoms with Crippen molar-refractivity contribution in [2.45, 2.75) is 18.8 Å². The molecule has 0 N–H and O–H groups in total. The Hall–Kier alpha value is -2.33. The minimum Gasteiger partial charge on any atom is -0.486 e. The van der Waals surface area contributed by atoms with E-state index in [2.05, 4.69) is 35.2 Å². The van der Waals surface area contributed by atoms with Crippen molar-refractivity contribution < 1.29 is 14.3 Å². The number of benzene rings is 2. The zero-order valence-corrected chi connectivity index (χ0v) is 14.3. The van der Waals surface area contributed by atoms with Crippen LogP contribution in [-0.4, -0.2) is 43.5 Å². The van der Waals surface area contributed by atoms with Crippen molar-refractivity contribution >= 4 is 5.78 Å². The van der Waals surface area contributed by atoms with Crippen LogP contribution < -0.4 is 9.47 Å². The lowest BCUT2D eigenvalue weighted by Crippen LogP contribution is -2.23.